The van der Waals surface area contributed by atoms with Crippen molar-refractivity contribution in [2.75, 3.05) is 0 Å². The van der Waals surface area contributed by atoms with E-state index >= 15 is 0 Å². The molecule has 0 aliphatic carbocycles. The van der Waals surface area contributed by atoms with E-state index in [-0.39, 0.29) is 0 Å². The molecule has 1 nitrogen and oxygen atoms in total. The van der Waals surface area contributed by atoms with Crippen molar-refractivity contribution >= 4 is 8.07 Å². The molecule has 5 heteroatoms. The number of benzene rings is 1. The first kappa shape index (κ1) is 17.0. The van der Waals surface area contributed by atoms with Crippen LogP contribution >= 0.6 is 0 Å². The van der Waals surface area contributed by atoms with Gasteiger partial charge in [-0.15, -0.1) is 0 Å². The third kappa shape index (κ3) is 5.92. The van der Waals surface area contributed by atoms with Gasteiger partial charge in [-0.05, 0) is 30.2 Å². The Hall–Kier alpha value is -1.07. The van der Waals surface area contributed by atoms with Gasteiger partial charge in [0.15, 0.2) is 0 Å². The minimum atomic E-state index is -4.37. The molecule has 1 rings (SSSR count). The van der Waals surface area contributed by atoms with Gasteiger partial charge in [0, 0.05) is 8.07 Å². The third-order valence-corrected chi connectivity index (χ3v) is 4.32. The summed E-state index contributed by atoms with van der Waals surface area (Å²) < 4.78 is 37.7. The molecule has 0 aliphatic rings. The molecule has 0 spiro atoms. The van der Waals surface area contributed by atoms with Gasteiger partial charge in [0.2, 0.25) is 0 Å². The fraction of sp³-hybridized carbons (Fsp3) is 0.467. The molecule has 0 saturated heterocycles. The molecule has 0 unspecified atom stereocenters. The van der Waals surface area contributed by atoms with E-state index < -0.39 is 25.9 Å². The van der Waals surface area contributed by atoms with Crippen molar-refractivity contribution in [1.29, 1.82) is 0 Å². The highest BCUT2D eigenvalue weighted by molar-refractivity contribution is 6.76. The van der Waals surface area contributed by atoms with Crippen molar-refractivity contribution in [3.05, 3.63) is 47.5 Å². The largest absolute Gasteiger partial charge is 0.416 e. The predicted molar refractivity (Wildman–Crippen MR) is 78.3 cm³/mol. The molecule has 1 N–H and O–H groups in total. The van der Waals surface area contributed by atoms with Crippen molar-refractivity contribution in [2.24, 2.45) is 0 Å². The topological polar surface area (TPSA) is 20.2 Å². The normalized spacial score (nSPS) is 14.8. The highest BCUT2D eigenvalue weighted by atomic mass is 28.3. The van der Waals surface area contributed by atoms with E-state index in [9.17, 15) is 18.3 Å². The van der Waals surface area contributed by atoms with Crippen molar-refractivity contribution in [2.45, 2.75) is 44.4 Å². The molecule has 0 aromatic heterocycles. The lowest BCUT2D eigenvalue weighted by Gasteiger charge is -2.13. The van der Waals surface area contributed by atoms with Crippen LogP contribution in [0.4, 0.5) is 13.2 Å². The number of rotatable bonds is 5. The molecule has 0 radical (unpaired) electrons. The average Bonchev–Trinajstić information content (AvgIpc) is 2.32. The minimum Gasteiger partial charge on any atom is -0.388 e. The number of allylic oxidation sites excluding steroid dienone is 1. The summed E-state index contributed by atoms with van der Waals surface area (Å²) in [4.78, 5) is 0. The Morgan fingerprint density at radius 2 is 1.85 bits per heavy atom. The van der Waals surface area contributed by atoms with Crippen LogP contribution < -0.4 is 0 Å². The van der Waals surface area contributed by atoms with Crippen molar-refractivity contribution in [3.63, 3.8) is 0 Å². The molecule has 0 bridgehead atoms. The fourth-order valence-electron chi connectivity index (χ4n) is 1.72. The van der Waals surface area contributed by atoms with Gasteiger partial charge < -0.3 is 5.11 Å². The maximum Gasteiger partial charge on any atom is 0.416 e. The van der Waals surface area contributed by atoms with Crippen LogP contribution in [0.3, 0.4) is 0 Å². The van der Waals surface area contributed by atoms with E-state index in [2.05, 4.69) is 19.6 Å². The van der Waals surface area contributed by atoms with Crippen LogP contribution in [-0.2, 0) is 6.18 Å². The molecule has 0 amide bonds. The number of hydrogen-bond donors (Lipinski definition) is 1. The zero-order valence-corrected chi connectivity index (χ0v) is 13.0. The van der Waals surface area contributed by atoms with Crippen LogP contribution in [0.2, 0.25) is 25.7 Å². The Labute approximate surface area is 119 Å². The predicted octanol–water partition coefficient (Wildman–Crippen LogP) is 5.02. The van der Waals surface area contributed by atoms with Gasteiger partial charge in [-0.2, -0.15) is 13.2 Å². The molecule has 1 atom stereocenters. The van der Waals surface area contributed by atoms with Crippen molar-refractivity contribution in [1.82, 2.24) is 0 Å². The smallest absolute Gasteiger partial charge is 0.388 e. The second kappa shape index (κ2) is 6.59. The molecule has 0 aliphatic heterocycles. The van der Waals surface area contributed by atoms with Crippen molar-refractivity contribution in [3.8, 4) is 0 Å². The number of aliphatic hydroxyl groups excluding tert-OH is 1. The summed E-state index contributed by atoms with van der Waals surface area (Å²) in [5.41, 5.74) is -0.419. The molecule has 20 heavy (non-hydrogen) atoms. The Balaban J connectivity index is 2.67. The average molecular weight is 302 g/mol. The minimum absolute atomic E-state index is 0.303. The van der Waals surface area contributed by atoms with Gasteiger partial charge in [0.1, 0.15) is 0 Å². The summed E-state index contributed by atoms with van der Waals surface area (Å²) in [6, 6.07) is 5.87. The van der Waals surface area contributed by atoms with Gasteiger partial charge in [-0.1, -0.05) is 43.9 Å². The highest BCUT2D eigenvalue weighted by Gasteiger charge is 2.30. The summed E-state index contributed by atoms with van der Waals surface area (Å²) in [6.45, 7) is 6.71. The number of alkyl halides is 3. The molecule has 112 valence electrons. The van der Waals surface area contributed by atoms with Gasteiger partial charge in [0.05, 0.1) is 11.7 Å². The third-order valence-electron chi connectivity index (χ3n) is 2.85. The zero-order chi connectivity index (χ0) is 15.4. The fourth-order valence-corrected chi connectivity index (χ4v) is 2.59. The second-order valence-electron chi connectivity index (χ2n) is 6.11. The van der Waals surface area contributed by atoms with Gasteiger partial charge in [-0.25, -0.2) is 0 Å². The van der Waals surface area contributed by atoms with Gasteiger partial charge in [0.25, 0.3) is 0 Å². The Morgan fingerprint density at radius 3 is 2.40 bits per heavy atom. The lowest BCUT2D eigenvalue weighted by atomic mass is 10.0. The van der Waals surface area contributed by atoms with Crippen LogP contribution in [0.15, 0.2) is 36.4 Å². The molecular formula is C15H21F3OSi. The first-order valence-corrected chi connectivity index (χ1v) is 10.3. The summed E-state index contributed by atoms with van der Waals surface area (Å²) in [7, 11) is -1.16. The van der Waals surface area contributed by atoms with Gasteiger partial charge >= 0.3 is 6.18 Å². The van der Waals surface area contributed by atoms with Crippen LogP contribution in [0.5, 0.6) is 0 Å². The van der Waals surface area contributed by atoms with Crippen LogP contribution in [0.25, 0.3) is 0 Å². The zero-order valence-electron chi connectivity index (χ0n) is 12.0. The summed E-state index contributed by atoms with van der Waals surface area (Å²) in [5.74, 6) is 0. The van der Waals surface area contributed by atoms with E-state index in [0.29, 0.717) is 12.0 Å². The monoisotopic (exact) mass is 302 g/mol. The molecule has 0 heterocycles. The van der Waals surface area contributed by atoms with Crippen LogP contribution in [0.1, 0.15) is 23.7 Å². The lowest BCUT2D eigenvalue weighted by Crippen LogP contribution is -2.17. The molecule has 0 saturated carbocycles. The molecular weight excluding hydrogens is 281 g/mol. The van der Waals surface area contributed by atoms with E-state index in [4.69, 9.17) is 0 Å². The summed E-state index contributed by atoms with van der Waals surface area (Å²) >= 11 is 0. The Bertz CT molecular complexity index is 461. The van der Waals surface area contributed by atoms with E-state index in [1.54, 1.807) is 0 Å². The maximum absolute atomic E-state index is 12.6. The maximum atomic E-state index is 12.6. The highest BCUT2D eigenvalue weighted by Crippen LogP contribution is 2.31. The number of hydrogen-bond acceptors (Lipinski definition) is 1. The summed E-state index contributed by atoms with van der Waals surface area (Å²) in [5, 5.41) is 9.93. The van der Waals surface area contributed by atoms with Gasteiger partial charge in [-0.3, -0.25) is 0 Å². The first-order chi connectivity index (χ1) is 9.09. The number of aliphatic hydroxyl groups is 1. The lowest BCUT2D eigenvalue weighted by molar-refractivity contribution is -0.137. The van der Waals surface area contributed by atoms with E-state index in [0.717, 1.165) is 18.2 Å². The quantitative estimate of drug-likeness (QED) is 0.598. The standard InChI is InChI=1S/C15H21F3OSi/c1-20(2,3)10-5-4-9-14(19)12-7-6-8-13(11-12)15(16,17)18/h4-8,11,14,19H,9-10H2,1-3H3/b5-4+/t14-/m0/s1. The van der Waals surface area contributed by atoms with Crippen LogP contribution in [0, 0.1) is 0 Å². The van der Waals surface area contributed by atoms with Crippen molar-refractivity contribution < 1.29 is 18.3 Å². The molecule has 1 aromatic carbocycles. The van der Waals surface area contributed by atoms with Crippen LogP contribution in [-0.4, -0.2) is 13.2 Å². The molecule has 0 fully saturated rings. The summed E-state index contributed by atoms with van der Waals surface area (Å²) in [6.07, 6.45) is -1.06. The Kier molecular flexibility index (Phi) is 5.59. The van der Waals surface area contributed by atoms with E-state index in [1.165, 1.54) is 12.1 Å². The van der Waals surface area contributed by atoms with E-state index in [1.807, 2.05) is 12.2 Å². The SMILES string of the molecule is C[Si](C)(C)C/C=C/C[C@H](O)c1cccc(C(F)(F)F)c1. The first-order valence-electron chi connectivity index (χ1n) is 6.60. The number of halogens is 3. The Morgan fingerprint density at radius 1 is 1.20 bits per heavy atom. The molecule has 1 aromatic rings. The second-order valence-corrected chi connectivity index (χ2v) is 11.6.